The Morgan fingerprint density at radius 3 is 2.67 bits per heavy atom. The number of ether oxygens (including phenoxy) is 1. The lowest BCUT2D eigenvalue weighted by molar-refractivity contribution is 0.0822. The van der Waals surface area contributed by atoms with E-state index in [1.807, 2.05) is 0 Å². The highest BCUT2D eigenvalue weighted by Crippen LogP contribution is 2.14. The Hall–Kier alpha value is -0.820. The Bertz CT molecular complexity index is 267. The molecule has 0 amide bonds. The van der Waals surface area contributed by atoms with Crippen LogP contribution in [0.5, 0.6) is 0 Å². The highest BCUT2D eigenvalue weighted by molar-refractivity contribution is 7.30. The van der Waals surface area contributed by atoms with Crippen molar-refractivity contribution >= 4 is 8.25 Å². The summed E-state index contributed by atoms with van der Waals surface area (Å²) in [5.74, 6) is 0.505. The van der Waals surface area contributed by atoms with Gasteiger partial charge in [0.2, 0.25) is 0 Å². The van der Waals surface area contributed by atoms with Crippen LogP contribution in [-0.4, -0.2) is 38.8 Å². The SMILES string of the molecule is COC(CCF)c1nc[nH]n1.O=[PH](O)O. The second kappa shape index (κ2) is 8.49. The Balaban J connectivity index is 0.000000423. The third kappa shape index (κ3) is 7.15. The van der Waals surface area contributed by atoms with Gasteiger partial charge in [0.05, 0.1) is 6.67 Å². The standard InChI is InChI=1S/C6H10FN3O.H3O3P/c1-11-5(2-3-7)6-8-4-9-10-6;1-4(2)3/h4-5H,2-3H2,1H3,(H,8,9,10);4H,(H2,1,2,3). The zero-order valence-electron chi connectivity index (χ0n) is 8.05. The van der Waals surface area contributed by atoms with Crippen LogP contribution in [0.3, 0.4) is 0 Å². The van der Waals surface area contributed by atoms with Crippen LogP contribution >= 0.6 is 8.25 Å². The van der Waals surface area contributed by atoms with Crippen LogP contribution in [0.2, 0.25) is 0 Å². The summed E-state index contributed by atoms with van der Waals surface area (Å²) in [7, 11) is -1.62. The molecule has 0 fully saturated rings. The molecule has 0 aromatic carbocycles. The van der Waals surface area contributed by atoms with Gasteiger partial charge < -0.3 is 14.5 Å². The molecule has 0 aliphatic rings. The first-order valence-electron chi connectivity index (χ1n) is 3.98. The molecule has 0 aliphatic carbocycles. The summed E-state index contributed by atoms with van der Waals surface area (Å²) in [6, 6.07) is 0. The number of halogens is 1. The smallest absolute Gasteiger partial charge is 0.314 e. The molecule has 0 spiro atoms. The fourth-order valence-electron chi connectivity index (χ4n) is 0.825. The van der Waals surface area contributed by atoms with Crippen LogP contribution in [0.15, 0.2) is 6.33 Å². The van der Waals surface area contributed by atoms with E-state index < -0.39 is 14.9 Å². The largest absolute Gasteiger partial charge is 0.373 e. The Kier molecular flexibility index (Phi) is 8.02. The van der Waals surface area contributed by atoms with E-state index in [1.165, 1.54) is 13.4 Å². The van der Waals surface area contributed by atoms with Gasteiger partial charge in [-0.1, -0.05) is 0 Å². The van der Waals surface area contributed by atoms with Gasteiger partial charge in [0.1, 0.15) is 12.4 Å². The molecule has 3 N–H and O–H groups in total. The van der Waals surface area contributed by atoms with Crippen molar-refractivity contribution < 1.29 is 23.5 Å². The van der Waals surface area contributed by atoms with Crippen LogP contribution < -0.4 is 0 Å². The number of nitrogens with one attached hydrogen (secondary N) is 1. The number of aromatic amines is 1. The lowest BCUT2D eigenvalue weighted by atomic mass is 10.2. The molecular weight excluding hydrogens is 228 g/mol. The van der Waals surface area contributed by atoms with Gasteiger partial charge in [0.25, 0.3) is 0 Å². The highest BCUT2D eigenvalue weighted by atomic mass is 31.1. The van der Waals surface area contributed by atoms with Crippen molar-refractivity contribution in [2.45, 2.75) is 12.5 Å². The number of nitrogens with zero attached hydrogens (tertiary/aromatic N) is 2. The Labute approximate surface area is 86.3 Å². The summed E-state index contributed by atoms with van der Waals surface area (Å²) >= 11 is 0. The Morgan fingerprint density at radius 2 is 2.33 bits per heavy atom. The van der Waals surface area contributed by atoms with Crippen LogP contribution in [0.25, 0.3) is 0 Å². The highest BCUT2D eigenvalue weighted by Gasteiger charge is 2.12. The van der Waals surface area contributed by atoms with Gasteiger partial charge >= 0.3 is 8.25 Å². The second-order valence-electron chi connectivity index (χ2n) is 2.34. The van der Waals surface area contributed by atoms with Crippen molar-refractivity contribution in [3.63, 3.8) is 0 Å². The summed E-state index contributed by atoms with van der Waals surface area (Å²) < 4.78 is 25.6. The first kappa shape index (κ1) is 14.2. The van der Waals surface area contributed by atoms with Crippen LogP contribution in [0, 0.1) is 0 Å². The summed E-state index contributed by atoms with van der Waals surface area (Å²) in [6.07, 6.45) is 1.42. The maximum Gasteiger partial charge on any atom is 0.314 e. The third-order valence-electron chi connectivity index (χ3n) is 1.38. The first-order valence-corrected chi connectivity index (χ1v) is 5.28. The monoisotopic (exact) mass is 241 g/mol. The van der Waals surface area contributed by atoms with Gasteiger partial charge in [-0.2, -0.15) is 5.10 Å². The molecule has 0 saturated heterocycles. The number of hydrogen-bond acceptors (Lipinski definition) is 4. The minimum Gasteiger partial charge on any atom is -0.373 e. The van der Waals surface area contributed by atoms with E-state index in [0.717, 1.165) is 0 Å². The molecule has 7 nitrogen and oxygen atoms in total. The molecule has 9 heteroatoms. The fraction of sp³-hybridized carbons (Fsp3) is 0.667. The van der Waals surface area contributed by atoms with Crippen molar-refractivity contribution in [1.29, 1.82) is 0 Å². The van der Waals surface area contributed by atoms with Crippen LogP contribution in [0.1, 0.15) is 18.3 Å². The number of hydrogen-bond donors (Lipinski definition) is 3. The first-order chi connectivity index (χ1) is 7.11. The summed E-state index contributed by atoms with van der Waals surface area (Å²) in [5, 5.41) is 6.32. The van der Waals surface area contributed by atoms with Crippen molar-refractivity contribution in [1.82, 2.24) is 15.2 Å². The van der Waals surface area contributed by atoms with E-state index in [2.05, 4.69) is 15.2 Å². The van der Waals surface area contributed by atoms with Gasteiger partial charge in [-0.05, 0) is 0 Å². The van der Waals surface area contributed by atoms with E-state index >= 15 is 0 Å². The zero-order chi connectivity index (χ0) is 11.7. The number of aromatic nitrogens is 3. The predicted octanol–water partition coefficient (Wildman–Crippen LogP) is 0.212. The average Bonchev–Trinajstić information content (AvgIpc) is 2.66. The molecule has 1 rings (SSSR count). The summed E-state index contributed by atoms with van der Waals surface area (Å²) in [5.41, 5.74) is 0. The molecule has 0 aliphatic heterocycles. The number of rotatable bonds is 4. The van der Waals surface area contributed by atoms with Crippen molar-refractivity contribution in [2.24, 2.45) is 0 Å². The normalized spacial score (nSPS) is 12.1. The topological polar surface area (TPSA) is 108 Å². The number of methoxy groups -OCH3 is 1. The second-order valence-corrected chi connectivity index (χ2v) is 2.91. The predicted molar refractivity (Wildman–Crippen MR) is 50.2 cm³/mol. The molecule has 0 saturated carbocycles. The van der Waals surface area contributed by atoms with Gasteiger partial charge in [0, 0.05) is 13.5 Å². The molecule has 0 bridgehead atoms. The lowest BCUT2D eigenvalue weighted by Gasteiger charge is -2.07. The zero-order valence-corrected chi connectivity index (χ0v) is 9.05. The van der Waals surface area contributed by atoms with Gasteiger partial charge in [-0.15, -0.1) is 0 Å². The van der Waals surface area contributed by atoms with E-state index in [4.69, 9.17) is 19.1 Å². The quantitative estimate of drug-likeness (QED) is 0.650. The maximum absolute atomic E-state index is 11.9. The molecule has 1 aromatic heterocycles. The summed E-state index contributed by atoms with van der Waals surface area (Å²) in [4.78, 5) is 18.2. The van der Waals surface area contributed by atoms with Gasteiger partial charge in [-0.25, -0.2) is 4.98 Å². The molecular formula is C6H13FN3O4P. The van der Waals surface area contributed by atoms with Gasteiger partial charge in [0.15, 0.2) is 5.82 Å². The van der Waals surface area contributed by atoms with Crippen LogP contribution in [-0.2, 0) is 9.30 Å². The van der Waals surface area contributed by atoms with Crippen LogP contribution in [0.4, 0.5) is 4.39 Å². The molecule has 1 aromatic rings. The molecule has 1 unspecified atom stereocenters. The summed E-state index contributed by atoms with van der Waals surface area (Å²) in [6.45, 7) is -0.424. The minimum atomic E-state index is -3.13. The Morgan fingerprint density at radius 1 is 1.73 bits per heavy atom. The van der Waals surface area contributed by atoms with E-state index in [0.29, 0.717) is 12.2 Å². The van der Waals surface area contributed by atoms with E-state index in [1.54, 1.807) is 0 Å². The fourth-order valence-corrected chi connectivity index (χ4v) is 0.825. The van der Waals surface area contributed by atoms with E-state index in [-0.39, 0.29) is 6.10 Å². The minimum absolute atomic E-state index is 0.300. The van der Waals surface area contributed by atoms with Gasteiger partial charge in [-0.3, -0.25) is 14.1 Å². The average molecular weight is 241 g/mol. The molecule has 1 heterocycles. The van der Waals surface area contributed by atoms with Crippen molar-refractivity contribution in [2.75, 3.05) is 13.8 Å². The lowest BCUT2D eigenvalue weighted by Crippen LogP contribution is -2.04. The number of alkyl halides is 1. The van der Waals surface area contributed by atoms with E-state index in [9.17, 15) is 4.39 Å². The molecule has 15 heavy (non-hydrogen) atoms. The van der Waals surface area contributed by atoms with Crippen molar-refractivity contribution in [3.8, 4) is 0 Å². The molecule has 0 radical (unpaired) electrons. The maximum atomic E-state index is 11.9. The molecule has 88 valence electrons. The third-order valence-corrected chi connectivity index (χ3v) is 1.38. The molecule has 1 atom stereocenters. The number of H-pyrrole nitrogens is 1. The van der Waals surface area contributed by atoms with Crippen molar-refractivity contribution in [3.05, 3.63) is 12.2 Å².